The molecule has 2 atom stereocenters. The first-order valence-corrected chi connectivity index (χ1v) is 8.73. The number of sulfonamides is 1. The van der Waals surface area contributed by atoms with E-state index < -0.39 is 21.7 Å². The van der Waals surface area contributed by atoms with Gasteiger partial charge >= 0.3 is 0 Å². The second-order valence-electron chi connectivity index (χ2n) is 5.90. The van der Waals surface area contributed by atoms with Crippen molar-refractivity contribution < 1.29 is 22.3 Å². The van der Waals surface area contributed by atoms with E-state index in [2.05, 4.69) is 0 Å². The monoisotopic (exact) mass is 344 g/mol. The normalized spacial score (nSPS) is 22.4. The molecule has 8 heteroatoms. The van der Waals surface area contributed by atoms with Crippen molar-refractivity contribution in [2.75, 3.05) is 27.2 Å². The summed E-state index contributed by atoms with van der Waals surface area (Å²) in [6.07, 6.45) is -0.307. The molecule has 1 heterocycles. The predicted molar refractivity (Wildman–Crippen MR) is 83.2 cm³/mol. The zero-order chi connectivity index (χ0) is 17.4. The lowest BCUT2D eigenvalue weighted by atomic mass is 10.1. The van der Waals surface area contributed by atoms with Crippen LogP contribution in [0.15, 0.2) is 23.1 Å². The van der Waals surface area contributed by atoms with E-state index in [1.165, 1.54) is 19.0 Å². The molecule has 0 aliphatic carbocycles. The predicted octanol–water partition coefficient (Wildman–Crippen LogP) is 1.33. The molecule has 0 radical (unpaired) electrons. The van der Waals surface area contributed by atoms with Crippen molar-refractivity contribution in [3.8, 4) is 0 Å². The van der Waals surface area contributed by atoms with E-state index in [1.54, 1.807) is 0 Å². The van der Waals surface area contributed by atoms with Crippen LogP contribution in [0.3, 0.4) is 0 Å². The molecule has 1 amide bonds. The number of carbonyl (C=O) groups excluding carboxylic acids is 1. The lowest BCUT2D eigenvalue weighted by Crippen LogP contribution is -2.48. The number of hydrogen-bond donors (Lipinski definition) is 0. The first kappa shape index (κ1) is 17.8. The van der Waals surface area contributed by atoms with Gasteiger partial charge in [0.1, 0.15) is 5.82 Å². The van der Waals surface area contributed by atoms with Gasteiger partial charge in [-0.25, -0.2) is 17.1 Å². The Hall–Kier alpha value is -1.51. The van der Waals surface area contributed by atoms with E-state index in [4.69, 9.17) is 4.74 Å². The number of hydrogen-bond acceptors (Lipinski definition) is 4. The molecule has 1 aliphatic rings. The quantitative estimate of drug-likeness (QED) is 0.830. The highest BCUT2D eigenvalue weighted by Crippen LogP contribution is 2.21. The molecule has 1 aliphatic heterocycles. The number of carbonyl (C=O) groups is 1. The molecule has 2 rings (SSSR count). The molecule has 0 aromatic heterocycles. The summed E-state index contributed by atoms with van der Waals surface area (Å²) in [4.78, 5) is 14.0. The van der Waals surface area contributed by atoms with Gasteiger partial charge in [0.05, 0.1) is 22.7 Å². The van der Waals surface area contributed by atoms with Gasteiger partial charge in [0.2, 0.25) is 10.0 Å². The average Bonchev–Trinajstić information content (AvgIpc) is 2.45. The van der Waals surface area contributed by atoms with Crippen LogP contribution in [0.5, 0.6) is 0 Å². The van der Waals surface area contributed by atoms with Crippen molar-refractivity contribution in [1.29, 1.82) is 0 Å². The van der Waals surface area contributed by atoms with Crippen molar-refractivity contribution in [2.45, 2.75) is 31.0 Å². The summed E-state index contributed by atoms with van der Waals surface area (Å²) >= 11 is 0. The maximum absolute atomic E-state index is 14.1. The Kier molecular flexibility index (Phi) is 5.07. The Bertz CT molecular complexity index is 695. The van der Waals surface area contributed by atoms with Gasteiger partial charge in [0, 0.05) is 27.2 Å². The fourth-order valence-corrected chi connectivity index (χ4v) is 3.48. The van der Waals surface area contributed by atoms with Gasteiger partial charge < -0.3 is 9.64 Å². The van der Waals surface area contributed by atoms with Crippen LogP contribution in [0.1, 0.15) is 24.2 Å². The lowest BCUT2D eigenvalue weighted by Gasteiger charge is -2.35. The van der Waals surface area contributed by atoms with Gasteiger partial charge in [-0.3, -0.25) is 4.79 Å². The standard InChI is InChI=1S/C15H21FN2O4S/c1-10-8-18(9-11(2)22-10)15(19)13-7-12(5-6-14(13)16)23(20,21)17(3)4/h5-7,10-11H,8-9H2,1-4H3/t10-,11-/m0/s1. The number of ether oxygens (including phenoxy) is 1. The Morgan fingerprint density at radius 1 is 1.26 bits per heavy atom. The van der Waals surface area contributed by atoms with Crippen LogP contribution in [0, 0.1) is 5.82 Å². The van der Waals surface area contributed by atoms with E-state index in [9.17, 15) is 17.6 Å². The van der Waals surface area contributed by atoms with Crippen molar-refractivity contribution >= 4 is 15.9 Å². The smallest absolute Gasteiger partial charge is 0.257 e. The highest BCUT2D eigenvalue weighted by Gasteiger charge is 2.29. The molecule has 0 N–H and O–H groups in total. The summed E-state index contributed by atoms with van der Waals surface area (Å²) in [5, 5.41) is 0. The summed E-state index contributed by atoms with van der Waals surface area (Å²) in [6.45, 7) is 4.35. The molecule has 1 fully saturated rings. The number of rotatable bonds is 3. The fraction of sp³-hybridized carbons (Fsp3) is 0.533. The van der Waals surface area contributed by atoms with Crippen LogP contribution in [0.25, 0.3) is 0 Å². The van der Waals surface area contributed by atoms with Gasteiger partial charge in [-0.1, -0.05) is 0 Å². The molecule has 6 nitrogen and oxygen atoms in total. The number of halogens is 1. The molecular formula is C15H21FN2O4S. The Morgan fingerprint density at radius 2 is 1.83 bits per heavy atom. The zero-order valence-corrected chi connectivity index (χ0v) is 14.4. The van der Waals surface area contributed by atoms with Crippen LogP contribution >= 0.6 is 0 Å². The molecule has 0 saturated carbocycles. The van der Waals surface area contributed by atoms with Crippen molar-refractivity contribution in [2.24, 2.45) is 0 Å². The number of benzene rings is 1. The van der Waals surface area contributed by atoms with Crippen LogP contribution in [0.4, 0.5) is 4.39 Å². The minimum Gasteiger partial charge on any atom is -0.372 e. The summed E-state index contributed by atoms with van der Waals surface area (Å²) in [6, 6.07) is 3.26. The molecule has 0 bridgehead atoms. The summed E-state index contributed by atoms with van der Waals surface area (Å²) in [7, 11) is -0.970. The van der Waals surface area contributed by atoms with E-state index in [-0.39, 0.29) is 22.7 Å². The third-order valence-corrected chi connectivity index (χ3v) is 5.46. The number of morpholine rings is 1. The van der Waals surface area contributed by atoms with Crippen molar-refractivity contribution in [1.82, 2.24) is 9.21 Å². The molecule has 1 aromatic carbocycles. The molecule has 0 spiro atoms. The minimum atomic E-state index is -3.73. The van der Waals surface area contributed by atoms with Crippen molar-refractivity contribution in [3.63, 3.8) is 0 Å². The molecular weight excluding hydrogens is 323 g/mol. The summed E-state index contributed by atoms with van der Waals surface area (Å²) in [5.41, 5.74) is -0.241. The Balaban J connectivity index is 2.37. The second kappa shape index (κ2) is 6.54. The van der Waals surface area contributed by atoms with E-state index in [1.807, 2.05) is 13.8 Å². The number of amides is 1. The van der Waals surface area contributed by atoms with Gasteiger partial charge in [0.25, 0.3) is 5.91 Å². The maximum Gasteiger partial charge on any atom is 0.257 e. The van der Waals surface area contributed by atoms with Gasteiger partial charge in [-0.2, -0.15) is 0 Å². The largest absolute Gasteiger partial charge is 0.372 e. The zero-order valence-electron chi connectivity index (χ0n) is 13.6. The Morgan fingerprint density at radius 3 is 2.35 bits per heavy atom. The van der Waals surface area contributed by atoms with Gasteiger partial charge in [0.15, 0.2) is 0 Å². The van der Waals surface area contributed by atoms with E-state index in [0.29, 0.717) is 13.1 Å². The third-order valence-electron chi connectivity index (χ3n) is 3.65. The maximum atomic E-state index is 14.1. The van der Waals surface area contributed by atoms with Crippen LogP contribution in [0.2, 0.25) is 0 Å². The van der Waals surface area contributed by atoms with Gasteiger partial charge in [-0.15, -0.1) is 0 Å². The average molecular weight is 344 g/mol. The molecule has 0 unspecified atom stereocenters. The van der Waals surface area contributed by atoms with E-state index in [0.717, 1.165) is 22.5 Å². The SMILES string of the molecule is C[C@H]1CN(C(=O)c2cc(S(=O)(=O)N(C)C)ccc2F)C[C@H](C)O1. The highest BCUT2D eigenvalue weighted by atomic mass is 32.2. The van der Waals surface area contributed by atoms with E-state index >= 15 is 0 Å². The first-order valence-electron chi connectivity index (χ1n) is 7.29. The topological polar surface area (TPSA) is 66.9 Å². The Labute approximate surface area is 135 Å². The van der Waals surface area contributed by atoms with Crippen LogP contribution < -0.4 is 0 Å². The second-order valence-corrected chi connectivity index (χ2v) is 8.05. The molecule has 1 saturated heterocycles. The summed E-state index contributed by atoms with van der Waals surface area (Å²) < 4.78 is 45.0. The minimum absolute atomic E-state index is 0.110. The molecule has 23 heavy (non-hydrogen) atoms. The number of nitrogens with zero attached hydrogens (tertiary/aromatic N) is 2. The van der Waals surface area contributed by atoms with Crippen LogP contribution in [-0.4, -0.2) is 62.9 Å². The molecule has 128 valence electrons. The van der Waals surface area contributed by atoms with Gasteiger partial charge in [-0.05, 0) is 32.0 Å². The van der Waals surface area contributed by atoms with Crippen molar-refractivity contribution in [3.05, 3.63) is 29.6 Å². The third kappa shape index (κ3) is 3.70. The molecule has 1 aromatic rings. The fourth-order valence-electron chi connectivity index (χ4n) is 2.55. The summed E-state index contributed by atoms with van der Waals surface area (Å²) in [5.74, 6) is -1.26. The van der Waals surface area contributed by atoms with Crippen LogP contribution in [-0.2, 0) is 14.8 Å². The highest BCUT2D eigenvalue weighted by molar-refractivity contribution is 7.89. The first-order chi connectivity index (χ1) is 10.6. The lowest BCUT2D eigenvalue weighted by molar-refractivity contribution is -0.0587.